The summed E-state index contributed by atoms with van der Waals surface area (Å²) in [5.41, 5.74) is 2.15. The van der Waals surface area contributed by atoms with E-state index in [4.69, 9.17) is 28.9 Å². The quantitative estimate of drug-likeness (QED) is 0.0907. The normalized spacial score (nSPS) is 22.0. The van der Waals surface area contributed by atoms with Gasteiger partial charge in [-0.3, -0.25) is 14.2 Å². The molecule has 4 N–H and O–H groups in total. The number of hydrogen-bond donors (Lipinski definition) is 4. The monoisotopic (exact) mass is 1030 g/mol. The average Bonchev–Trinajstić information content (AvgIpc) is 4.10. The van der Waals surface area contributed by atoms with Crippen molar-refractivity contribution < 1.29 is 46.9 Å². The first-order valence-electron chi connectivity index (χ1n) is 25.4. The van der Waals surface area contributed by atoms with Gasteiger partial charge in [0.1, 0.15) is 35.3 Å². The summed E-state index contributed by atoms with van der Waals surface area (Å²) in [5, 5.41) is 6.71. The van der Waals surface area contributed by atoms with Crippen molar-refractivity contribution in [3.63, 3.8) is 0 Å². The second-order valence-electron chi connectivity index (χ2n) is 21.0. The summed E-state index contributed by atoms with van der Waals surface area (Å²) in [6.45, 7) is 9.07. The molecule has 4 unspecified atom stereocenters. The third kappa shape index (κ3) is 9.04. The molecule has 8 heterocycles. The van der Waals surface area contributed by atoms with Gasteiger partial charge in [-0.25, -0.2) is 33.3 Å². The van der Waals surface area contributed by atoms with Gasteiger partial charge in [0.05, 0.1) is 82.3 Å². The Morgan fingerprint density at radius 2 is 1.49 bits per heavy atom. The van der Waals surface area contributed by atoms with E-state index in [1.54, 1.807) is 51.2 Å². The molecule has 4 aromatic heterocycles. The van der Waals surface area contributed by atoms with E-state index in [0.717, 1.165) is 35.6 Å². The van der Waals surface area contributed by atoms with E-state index in [2.05, 4.69) is 25.6 Å². The van der Waals surface area contributed by atoms with E-state index >= 15 is 8.78 Å². The van der Waals surface area contributed by atoms with Crippen LogP contribution in [0, 0.1) is 23.5 Å². The van der Waals surface area contributed by atoms with Crippen molar-refractivity contribution in [2.24, 2.45) is 11.8 Å². The number of ether oxygens (including phenoxy) is 4. The van der Waals surface area contributed by atoms with Crippen molar-refractivity contribution in [2.75, 3.05) is 33.9 Å². The first-order chi connectivity index (χ1) is 35.6. The lowest BCUT2D eigenvalue weighted by atomic mass is 9.82. The highest BCUT2D eigenvalue weighted by Crippen LogP contribution is 2.51. The number of rotatable bonds is 12. The third-order valence-corrected chi connectivity index (χ3v) is 16.4. The lowest BCUT2D eigenvalue weighted by Crippen LogP contribution is -2.54. The zero-order chi connectivity index (χ0) is 51.7. The molecule has 11 rings (SSSR count). The molecule has 1 aliphatic carbocycles. The van der Waals surface area contributed by atoms with Gasteiger partial charge in [0, 0.05) is 48.3 Å². The smallest absolute Gasteiger partial charge is 0.407 e. The topological polar surface area (TPSA) is 211 Å². The van der Waals surface area contributed by atoms with Crippen molar-refractivity contribution >= 4 is 46.2 Å². The van der Waals surface area contributed by atoms with Gasteiger partial charge >= 0.3 is 12.2 Å². The molecule has 21 heteroatoms. The van der Waals surface area contributed by atoms with Crippen molar-refractivity contribution in [3.8, 4) is 39.5 Å². The van der Waals surface area contributed by atoms with Crippen LogP contribution in [0.1, 0.15) is 125 Å². The Morgan fingerprint density at radius 1 is 0.824 bits per heavy atom. The number of H-pyrrole nitrogens is 2. The lowest BCUT2D eigenvalue weighted by molar-refractivity contribution is -0.139. The summed E-state index contributed by atoms with van der Waals surface area (Å²) in [6, 6.07) is 5.95. The number of aromatic nitrogens is 6. The lowest BCUT2D eigenvalue weighted by Gasteiger charge is -2.40. The molecule has 3 saturated heterocycles. The molecule has 5 aliphatic rings. The zero-order valence-corrected chi connectivity index (χ0v) is 42.9. The number of fused-ring (bicyclic) bond motifs is 5. The van der Waals surface area contributed by atoms with Gasteiger partial charge in [-0.1, -0.05) is 19.9 Å². The van der Waals surface area contributed by atoms with Crippen LogP contribution in [-0.4, -0.2) is 115 Å². The largest absolute Gasteiger partial charge is 0.464 e. The Hall–Kier alpha value is -6.87. The van der Waals surface area contributed by atoms with Gasteiger partial charge in [0.15, 0.2) is 5.82 Å². The number of nitrogens with zero attached hydrogens (tertiary/aromatic N) is 6. The SMILES string of the molecule is COC(=O)NC(C(=O)N1CCC[C@H]1c1ncc(-c2cc(F)c3c(c2)OC(c2cnc(C4CC4)s2)n2c-3c(F)c3cc(-c4cnc([C@@H]5CCCN5C(=O)C(NC(=O)OC)C5CCOC(C)(C)C5)[nH]4)ccc32)[nH]1)C(C)C. The van der Waals surface area contributed by atoms with Crippen LogP contribution >= 0.6 is 11.3 Å². The molecule has 2 aromatic carbocycles. The number of thiazole rings is 1. The Kier molecular flexibility index (Phi) is 13.0. The fraction of sp³-hybridized carbons (Fsp3) is 0.491. The number of imidazole rings is 2. The average molecular weight is 1040 g/mol. The van der Waals surface area contributed by atoms with Crippen LogP contribution < -0.4 is 15.4 Å². The fourth-order valence-electron chi connectivity index (χ4n) is 11.4. The van der Waals surface area contributed by atoms with Crippen LogP contribution in [0.5, 0.6) is 5.75 Å². The minimum atomic E-state index is -0.882. The van der Waals surface area contributed by atoms with Crippen molar-refractivity contribution in [2.45, 2.75) is 121 Å². The molecule has 0 spiro atoms. The van der Waals surface area contributed by atoms with Crippen LogP contribution in [0.15, 0.2) is 48.9 Å². The first kappa shape index (κ1) is 49.3. The van der Waals surface area contributed by atoms with Crippen molar-refractivity contribution in [3.05, 3.63) is 82.1 Å². The van der Waals surface area contributed by atoms with Crippen LogP contribution in [-0.2, 0) is 23.8 Å². The Balaban J connectivity index is 0.908. The summed E-state index contributed by atoms with van der Waals surface area (Å²) < 4.78 is 58.7. The molecule has 4 amide bonds. The molecule has 4 fully saturated rings. The second-order valence-corrected chi connectivity index (χ2v) is 22.1. The minimum absolute atomic E-state index is 0.0311. The van der Waals surface area contributed by atoms with Gasteiger partial charge in [0.2, 0.25) is 18.0 Å². The Labute approximate surface area is 429 Å². The number of carbonyl (C=O) groups is 4. The third-order valence-electron chi connectivity index (χ3n) is 15.3. The van der Waals surface area contributed by atoms with Crippen LogP contribution in [0.2, 0.25) is 0 Å². The summed E-state index contributed by atoms with van der Waals surface area (Å²) in [6.07, 6.45) is 8.76. The van der Waals surface area contributed by atoms with Gasteiger partial charge < -0.3 is 49.3 Å². The number of alkyl carbamates (subject to hydrolysis) is 2. The highest BCUT2D eigenvalue weighted by molar-refractivity contribution is 7.11. The molecule has 390 valence electrons. The molecule has 6 aromatic rings. The van der Waals surface area contributed by atoms with E-state index in [1.807, 2.05) is 33.8 Å². The number of aromatic amines is 2. The summed E-state index contributed by atoms with van der Waals surface area (Å²) in [4.78, 5) is 78.1. The standard InChI is InChI=1S/C53H60F2N10O8S/c1-26(2)42(61-51(68)70-5)48(66)63-16-7-9-36(63)46-57-24-34(60-46)30-20-32(54)40-38(21-30)73-50(39-25-58-47(74-39)27-11-12-27)65-35-14-13-28(19-31(35)41(55)44(40)65)33-23-56-45(59-33)37-10-8-17-64(37)49(67)43(62-52(69)71-6)29-15-18-72-53(3,4)22-29/h13-14,19-21,23-27,29,36-37,42-43,50H,7-12,15-18,22H2,1-6H3,(H,56,59)(H,57,60)(H,61,68)(H,62,69)/t29?,36-,37-,42?,43?,50?/m0/s1. The molecule has 18 nitrogen and oxygen atoms in total. The molecular weight excluding hydrogens is 975 g/mol. The van der Waals surface area contributed by atoms with Gasteiger partial charge in [-0.2, -0.15) is 0 Å². The van der Waals surface area contributed by atoms with E-state index in [-0.39, 0.29) is 46.0 Å². The molecule has 1 saturated carbocycles. The number of likely N-dealkylation sites (tertiary alicyclic amines) is 2. The number of carbonyl (C=O) groups excluding carboxylic acids is 4. The predicted molar refractivity (Wildman–Crippen MR) is 269 cm³/mol. The van der Waals surface area contributed by atoms with E-state index < -0.39 is 59.8 Å². The van der Waals surface area contributed by atoms with Gasteiger partial charge in [-0.05, 0) is 101 Å². The molecule has 0 bridgehead atoms. The number of amides is 4. The second kappa shape index (κ2) is 19.4. The number of hydrogen-bond acceptors (Lipinski definition) is 12. The van der Waals surface area contributed by atoms with Crippen LogP contribution in [0.3, 0.4) is 0 Å². The van der Waals surface area contributed by atoms with E-state index in [1.165, 1.54) is 31.6 Å². The summed E-state index contributed by atoms with van der Waals surface area (Å²) in [7, 11) is 2.53. The molecule has 4 aliphatic heterocycles. The number of methoxy groups -OCH3 is 2. The molecule has 74 heavy (non-hydrogen) atoms. The maximum atomic E-state index is 17.5. The number of halogens is 2. The van der Waals surface area contributed by atoms with Gasteiger partial charge in [0.25, 0.3) is 0 Å². The maximum Gasteiger partial charge on any atom is 0.407 e. The zero-order valence-electron chi connectivity index (χ0n) is 42.1. The minimum Gasteiger partial charge on any atom is -0.464 e. The van der Waals surface area contributed by atoms with Crippen LogP contribution in [0.4, 0.5) is 18.4 Å². The first-order valence-corrected chi connectivity index (χ1v) is 26.3. The summed E-state index contributed by atoms with van der Waals surface area (Å²) >= 11 is 1.50. The predicted octanol–water partition coefficient (Wildman–Crippen LogP) is 9.28. The highest BCUT2D eigenvalue weighted by atomic mass is 32.1. The Morgan fingerprint density at radius 3 is 2.14 bits per heavy atom. The van der Waals surface area contributed by atoms with Crippen LogP contribution in [0.25, 0.3) is 44.7 Å². The maximum absolute atomic E-state index is 17.5. The van der Waals surface area contributed by atoms with Crippen molar-refractivity contribution in [1.82, 2.24) is 49.9 Å². The number of nitrogens with one attached hydrogen (secondary N) is 4. The molecular formula is C53H60F2N10O8S. The fourth-order valence-corrected chi connectivity index (χ4v) is 12.5. The summed E-state index contributed by atoms with van der Waals surface area (Å²) in [5.74, 6) is -0.595. The van der Waals surface area contributed by atoms with Crippen molar-refractivity contribution in [1.29, 1.82) is 0 Å². The van der Waals surface area contributed by atoms with E-state index in [9.17, 15) is 19.2 Å². The Bertz CT molecular complexity index is 3160. The van der Waals surface area contributed by atoms with Gasteiger partial charge in [-0.15, -0.1) is 11.3 Å². The molecule has 6 atom stereocenters. The molecule has 0 radical (unpaired) electrons. The number of benzene rings is 2. The highest BCUT2D eigenvalue weighted by Gasteiger charge is 2.44. The van der Waals surface area contributed by atoms with E-state index in [0.29, 0.717) is 91.0 Å².